The molecule has 1 aromatic rings. The van der Waals surface area contributed by atoms with Crippen molar-refractivity contribution >= 4 is 15.6 Å². The van der Waals surface area contributed by atoms with Crippen molar-refractivity contribution in [2.45, 2.75) is 4.90 Å². The molecule has 5 heteroatoms. The third-order valence-corrected chi connectivity index (χ3v) is 2.77. The Morgan fingerprint density at radius 3 is 2.14 bits per heavy atom. The zero-order valence-corrected chi connectivity index (χ0v) is 8.21. The standard InChI is InChI=1S/C9H7NO3S/c1-14(12,13)8-4-2-7(3-5-8)9(11)6-10/h2-5H,1H3. The molecule has 14 heavy (non-hydrogen) atoms. The summed E-state index contributed by atoms with van der Waals surface area (Å²) < 4.78 is 22.1. The third-order valence-electron chi connectivity index (χ3n) is 1.65. The average molecular weight is 209 g/mol. The molecule has 0 aliphatic rings. The normalized spacial score (nSPS) is 10.6. The number of nitrogens with zero attached hydrogens (tertiary/aromatic N) is 1. The predicted molar refractivity (Wildman–Crippen MR) is 49.5 cm³/mol. The molecule has 0 aliphatic heterocycles. The van der Waals surface area contributed by atoms with E-state index in [1.807, 2.05) is 0 Å². The first-order chi connectivity index (χ1) is 6.45. The van der Waals surface area contributed by atoms with Crippen LogP contribution in [0, 0.1) is 11.3 Å². The minimum atomic E-state index is -3.25. The Morgan fingerprint density at radius 1 is 1.29 bits per heavy atom. The van der Waals surface area contributed by atoms with Gasteiger partial charge in [0.25, 0.3) is 5.78 Å². The summed E-state index contributed by atoms with van der Waals surface area (Å²) in [6.07, 6.45) is 1.08. The molecule has 0 amide bonds. The average Bonchev–Trinajstić information content (AvgIpc) is 2.15. The Morgan fingerprint density at radius 2 is 1.79 bits per heavy atom. The Hall–Kier alpha value is -1.67. The molecular formula is C9H7NO3S. The lowest BCUT2D eigenvalue weighted by molar-refractivity contribution is 0.105. The topological polar surface area (TPSA) is 75.0 Å². The summed E-state index contributed by atoms with van der Waals surface area (Å²) in [5, 5.41) is 8.30. The van der Waals surface area contributed by atoms with Gasteiger partial charge in [-0.15, -0.1) is 0 Å². The van der Waals surface area contributed by atoms with Crippen LogP contribution < -0.4 is 0 Å². The van der Waals surface area contributed by atoms with Crippen LogP contribution in [0.4, 0.5) is 0 Å². The van der Waals surface area contributed by atoms with E-state index in [4.69, 9.17) is 5.26 Å². The molecule has 0 unspecified atom stereocenters. The van der Waals surface area contributed by atoms with Gasteiger partial charge in [0.05, 0.1) is 4.90 Å². The summed E-state index contributed by atoms with van der Waals surface area (Å²) in [5.74, 6) is -0.676. The lowest BCUT2D eigenvalue weighted by atomic mass is 10.1. The van der Waals surface area contributed by atoms with E-state index in [2.05, 4.69) is 0 Å². The highest BCUT2D eigenvalue weighted by atomic mass is 32.2. The van der Waals surface area contributed by atoms with Crippen molar-refractivity contribution in [3.05, 3.63) is 29.8 Å². The van der Waals surface area contributed by atoms with E-state index in [-0.39, 0.29) is 10.5 Å². The van der Waals surface area contributed by atoms with Gasteiger partial charge in [-0.25, -0.2) is 8.42 Å². The number of rotatable bonds is 2. The highest BCUT2D eigenvalue weighted by molar-refractivity contribution is 7.90. The van der Waals surface area contributed by atoms with Gasteiger partial charge in [-0.3, -0.25) is 4.79 Å². The van der Waals surface area contributed by atoms with Crippen LogP contribution in [0.3, 0.4) is 0 Å². The molecule has 0 bridgehead atoms. The number of carbonyl (C=O) groups is 1. The summed E-state index contributed by atoms with van der Waals surface area (Å²) >= 11 is 0. The van der Waals surface area contributed by atoms with Gasteiger partial charge < -0.3 is 0 Å². The first-order valence-corrected chi connectivity index (χ1v) is 5.59. The van der Waals surface area contributed by atoms with E-state index >= 15 is 0 Å². The molecule has 72 valence electrons. The number of hydrogen-bond donors (Lipinski definition) is 0. The number of nitriles is 1. The van der Waals surface area contributed by atoms with Crippen LogP contribution in [-0.2, 0) is 9.84 Å². The number of benzene rings is 1. The lowest BCUT2D eigenvalue weighted by Gasteiger charge is -1.97. The molecule has 0 aromatic heterocycles. The van der Waals surface area contributed by atoms with Crippen molar-refractivity contribution < 1.29 is 13.2 Å². The van der Waals surface area contributed by atoms with Gasteiger partial charge in [-0.1, -0.05) is 0 Å². The second-order valence-corrected chi connectivity index (χ2v) is 4.75. The number of ketones is 1. The molecule has 0 saturated heterocycles. The fraction of sp³-hybridized carbons (Fsp3) is 0.111. The van der Waals surface area contributed by atoms with Gasteiger partial charge in [-0.05, 0) is 24.3 Å². The molecule has 0 N–H and O–H groups in total. The first kappa shape index (κ1) is 10.4. The molecule has 0 atom stereocenters. The van der Waals surface area contributed by atoms with E-state index in [0.717, 1.165) is 6.26 Å². The summed E-state index contributed by atoms with van der Waals surface area (Å²) in [6.45, 7) is 0. The van der Waals surface area contributed by atoms with Gasteiger partial charge in [-0.2, -0.15) is 5.26 Å². The Kier molecular flexibility index (Phi) is 2.68. The molecule has 0 radical (unpaired) electrons. The van der Waals surface area contributed by atoms with Gasteiger partial charge in [0.1, 0.15) is 6.07 Å². The van der Waals surface area contributed by atoms with Gasteiger partial charge in [0.2, 0.25) is 0 Å². The van der Waals surface area contributed by atoms with E-state index in [0.29, 0.717) is 0 Å². The molecule has 0 fully saturated rings. The maximum atomic E-state index is 11.0. The first-order valence-electron chi connectivity index (χ1n) is 3.69. The fourth-order valence-electron chi connectivity index (χ4n) is 0.918. The molecule has 0 aliphatic carbocycles. The molecule has 0 spiro atoms. The second-order valence-electron chi connectivity index (χ2n) is 2.74. The van der Waals surface area contributed by atoms with Crippen molar-refractivity contribution in [3.8, 4) is 6.07 Å². The largest absolute Gasteiger partial charge is 0.277 e. The molecule has 1 aromatic carbocycles. The predicted octanol–water partition coefficient (Wildman–Crippen LogP) is 0.796. The Balaban J connectivity index is 3.15. The van der Waals surface area contributed by atoms with E-state index in [1.165, 1.54) is 30.3 Å². The monoisotopic (exact) mass is 209 g/mol. The maximum Gasteiger partial charge on any atom is 0.262 e. The molecule has 0 saturated carbocycles. The fourth-order valence-corrected chi connectivity index (χ4v) is 1.55. The Labute approximate surface area is 81.7 Å². The van der Waals surface area contributed by atoms with E-state index in [1.54, 1.807) is 0 Å². The quantitative estimate of drug-likeness (QED) is 0.533. The summed E-state index contributed by atoms with van der Waals surface area (Å²) in [7, 11) is -3.25. The van der Waals surface area contributed by atoms with Crippen LogP contribution in [0.5, 0.6) is 0 Å². The molecular weight excluding hydrogens is 202 g/mol. The van der Waals surface area contributed by atoms with Crippen LogP contribution in [-0.4, -0.2) is 20.5 Å². The third kappa shape index (κ3) is 2.18. The van der Waals surface area contributed by atoms with Crippen LogP contribution in [0.25, 0.3) is 0 Å². The highest BCUT2D eigenvalue weighted by Gasteiger charge is 2.08. The lowest BCUT2D eigenvalue weighted by Crippen LogP contribution is -1.99. The SMILES string of the molecule is CS(=O)(=O)c1ccc(C(=O)C#N)cc1. The van der Waals surface area contributed by atoms with Crippen LogP contribution >= 0.6 is 0 Å². The minimum absolute atomic E-state index is 0.131. The maximum absolute atomic E-state index is 11.0. The summed E-state index contributed by atoms with van der Waals surface area (Å²) in [5.41, 5.74) is 0.194. The number of sulfone groups is 1. The number of hydrogen-bond acceptors (Lipinski definition) is 4. The van der Waals surface area contributed by atoms with E-state index in [9.17, 15) is 13.2 Å². The summed E-state index contributed by atoms with van der Waals surface area (Å²) in [6, 6.07) is 6.70. The molecule has 4 nitrogen and oxygen atoms in total. The molecule has 1 rings (SSSR count). The van der Waals surface area contributed by atoms with Crippen LogP contribution in [0.2, 0.25) is 0 Å². The van der Waals surface area contributed by atoms with Crippen molar-refractivity contribution in [2.24, 2.45) is 0 Å². The van der Waals surface area contributed by atoms with Crippen LogP contribution in [0.1, 0.15) is 10.4 Å². The smallest absolute Gasteiger partial charge is 0.262 e. The number of Topliss-reactive ketones (excluding diaryl/α,β-unsaturated/α-hetero) is 1. The Bertz CT molecular complexity index is 494. The van der Waals surface area contributed by atoms with Gasteiger partial charge in [0, 0.05) is 11.8 Å². The van der Waals surface area contributed by atoms with E-state index < -0.39 is 15.6 Å². The van der Waals surface area contributed by atoms with Crippen LogP contribution in [0.15, 0.2) is 29.2 Å². The zero-order valence-electron chi connectivity index (χ0n) is 7.39. The van der Waals surface area contributed by atoms with Crippen molar-refractivity contribution in [1.82, 2.24) is 0 Å². The van der Waals surface area contributed by atoms with Gasteiger partial charge >= 0.3 is 0 Å². The van der Waals surface area contributed by atoms with Gasteiger partial charge in [0.15, 0.2) is 9.84 Å². The zero-order chi connectivity index (χ0) is 10.8. The van der Waals surface area contributed by atoms with Crippen molar-refractivity contribution in [2.75, 3.05) is 6.26 Å². The molecule has 0 heterocycles. The van der Waals surface area contributed by atoms with Crippen molar-refractivity contribution in [3.63, 3.8) is 0 Å². The second kappa shape index (κ2) is 3.60. The highest BCUT2D eigenvalue weighted by Crippen LogP contribution is 2.10. The number of carbonyl (C=O) groups excluding carboxylic acids is 1. The van der Waals surface area contributed by atoms with Crippen molar-refractivity contribution in [1.29, 1.82) is 5.26 Å². The minimum Gasteiger partial charge on any atom is -0.277 e. The summed E-state index contributed by atoms with van der Waals surface area (Å²) in [4.78, 5) is 11.0.